The summed E-state index contributed by atoms with van der Waals surface area (Å²) in [6.45, 7) is 0.610. The van der Waals surface area contributed by atoms with E-state index in [0.717, 1.165) is 41.7 Å². The Labute approximate surface area is 183 Å². The predicted molar refractivity (Wildman–Crippen MR) is 118 cm³/mol. The highest BCUT2D eigenvalue weighted by Gasteiger charge is 2.51. The highest BCUT2D eigenvalue weighted by molar-refractivity contribution is 6.09. The molecule has 2 aromatic carbocycles. The van der Waals surface area contributed by atoms with Crippen molar-refractivity contribution in [2.24, 2.45) is 0 Å². The second-order valence-electron chi connectivity index (χ2n) is 8.54. The Hall–Kier alpha value is -3.15. The zero-order valence-electron chi connectivity index (χ0n) is 17.8. The van der Waals surface area contributed by atoms with Crippen LogP contribution in [0.15, 0.2) is 60.7 Å². The molecule has 1 saturated heterocycles. The Bertz CT molecular complexity index is 880. The van der Waals surface area contributed by atoms with Gasteiger partial charge in [0.15, 0.2) is 0 Å². The maximum atomic E-state index is 13.3. The summed E-state index contributed by atoms with van der Waals surface area (Å²) in [7, 11) is 0. The highest BCUT2D eigenvalue weighted by atomic mass is 16.2. The zero-order valence-corrected chi connectivity index (χ0v) is 17.8. The Morgan fingerprint density at radius 3 is 1.87 bits per heavy atom. The van der Waals surface area contributed by atoms with E-state index in [9.17, 15) is 14.4 Å². The largest absolute Gasteiger partial charge is 0.332 e. The Morgan fingerprint density at radius 1 is 0.839 bits per heavy atom. The van der Waals surface area contributed by atoms with Crippen LogP contribution in [0.1, 0.15) is 49.7 Å². The molecule has 162 valence electrons. The summed E-state index contributed by atoms with van der Waals surface area (Å²) in [6, 6.07) is 19.1. The summed E-state index contributed by atoms with van der Waals surface area (Å²) in [5.41, 5.74) is 1.19. The van der Waals surface area contributed by atoms with E-state index < -0.39 is 11.6 Å². The van der Waals surface area contributed by atoms with Gasteiger partial charge >= 0.3 is 6.03 Å². The van der Waals surface area contributed by atoms with E-state index >= 15 is 0 Å². The van der Waals surface area contributed by atoms with Crippen LogP contribution in [0.2, 0.25) is 0 Å². The molecule has 1 N–H and O–H groups in total. The molecule has 1 spiro atoms. The summed E-state index contributed by atoms with van der Waals surface area (Å²) in [6.07, 6.45) is 5.29. The third-order valence-corrected chi connectivity index (χ3v) is 6.28. The lowest BCUT2D eigenvalue weighted by Crippen LogP contribution is -2.47. The van der Waals surface area contributed by atoms with Crippen molar-refractivity contribution < 1.29 is 14.4 Å². The molecule has 0 atom stereocenters. The molecule has 0 bridgehead atoms. The number of rotatable bonds is 6. The van der Waals surface area contributed by atoms with Gasteiger partial charge in [0.05, 0.1) is 0 Å². The van der Waals surface area contributed by atoms with Crippen molar-refractivity contribution in [3.63, 3.8) is 0 Å². The van der Waals surface area contributed by atoms with Gasteiger partial charge in [-0.25, -0.2) is 4.79 Å². The van der Waals surface area contributed by atoms with Gasteiger partial charge in [0.1, 0.15) is 12.1 Å². The number of amides is 4. The minimum Gasteiger partial charge on any atom is -0.332 e. The smallest absolute Gasteiger partial charge is 0.325 e. The number of nitrogens with one attached hydrogen (secondary N) is 1. The van der Waals surface area contributed by atoms with E-state index in [0.29, 0.717) is 25.9 Å². The molecule has 1 saturated carbocycles. The van der Waals surface area contributed by atoms with Gasteiger partial charge in [0.2, 0.25) is 5.91 Å². The van der Waals surface area contributed by atoms with Crippen molar-refractivity contribution in [3.05, 3.63) is 71.8 Å². The van der Waals surface area contributed by atoms with Gasteiger partial charge in [-0.2, -0.15) is 0 Å². The fourth-order valence-electron chi connectivity index (χ4n) is 4.57. The van der Waals surface area contributed by atoms with Crippen LogP contribution in [0, 0.1) is 0 Å². The molecule has 4 amide bonds. The van der Waals surface area contributed by atoms with E-state index in [-0.39, 0.29) is 18.4 Å². The lowest BCUT2D eigenvalue weighted by atomic mass is 9.90. The molecule has 1 aliphatic heterocycles. The van der Waals surface area contributed by atoms with Gasteiger partial charge in [-0.05, 0) is 24.0 Å². The third kappa shape index (κ3) is 4.79. The number of carbonyl (C=O) groups excluding carboxylic acids is 3. The van der Waals surface area contributed by atoms with Crippen LogP contribution in [-0.2, 0) is 22.7 Å². The molecule has 0 radical (unpaired) electrons. The summed E-state index contributed by atoms with van der Waals surface area (Å²) < 4.78 is 0. The van der Waals surface area contributed by atoms with Gasteiger partial charge in [-0.15, -0.1) is 0 Å². The van der Waals surface area contributed by atoms with E-state index in [1.165, 1.54) is 0 Å². The van der Waals surface area contributed by atoms with Crippen molar-refractivity contribution in [2.75, 3.05) is 6.54 Å². The summed E-state index contributed by atoms with van der Waals surface area (Å²) in [4.78, 5) is 42.0. The monoisotopic (exact) mass is 419 g/mol. The van der Waals surface area contributed by atoms with E-state index in [2.05, 4.69) is 5.32 Å². The van der Waals surface area contributed by atoms with Gasteiger partial charge in [0, 0.05) is 13.1 Å². The SMILES string of the molecule is O=C(CN1C(=O)NC2(CCCCCC2)C1=O)N(Cc1ccccc1)Cc1ccccc1. The van der Waals surface area contributed by atoms with Gasteiger partial charge in [0.25, 0.3) is 5.91 Å². The first kappa shape index (κ1) is 21.1. The molecule has 0 unspecified atom stereocenters. The number of hydrogen-bond donors (Lipinski definition) is 1. The number of carbonyl (C=O) groups is 3. The van der Waals surface area contributed by atoms with E-state index in [4.69, 9.17) is 0 Å². The topological polar surface area (TPSA) is 69.7 Å². The molecule has 0 aromatic heterocycles. The molecule has 6 heteroatoms. The van der Waals surface area contributed by atoms with Crippen molar-refractivity contribution in [1.29, 1.82) is 0 Å². The van der Waals surface area contributed by atoms with Gasteiger partial charge in [-0.1, -0.05) is 86.3 Å². The third-order valence-electron chi connectivity index (χ3n) is 6.28. The second-order valence-corrected chi connectivity index (χ2v) is 8.54. The molecular formula is C25H29N3O3. The van der Waals surface area contributed by atoms with Crippen LogP contribution in [0.4, 0.5) is 4.79 Å². The normalized spacial score (nSPS) is 18.0. The van der Waals surface area contributed by atoms with Crippen LogP contribution < -0.4 is 5.32 Å². The molecular weight excluding hydrogens is 390 g/mol. The lowest BCUT2D eigenvalue weighted by molar-refractivity contribution is -0.140. The number of nitrogens with zero attached hydrogens (tertiary/aromatic N) is 2. The number of urea groups is 1. The molecule has 2 fully saturated rings. The molecule has 2 aromatic rings. The van der Waals surface area contributed by atoms with E-state index in [1.54, 1.807) is 4.90 Å². The molecule has 2 aliphatic rings. The maximum Gasteiger partial charge on any atom is 0.325 e. The fraction of sp³-hybridized carbons (Fsp3) is 0.400. The quantitative estimate of drug-likeness (QED) is 0.723. The average Bonchev–Trinajstić information content (AvgIpc) is 2.94. The number of imide groups is 1. The first-order valence-corrected chi connectivity index (χ1v) is 11.1. The summed E-state index contributed by atoms with van der Waals surface area (Å²) in [5, 5.41) is 2.92. The predicted octanol–water partition coefficient (Wildman–Crippen LogP) is 3.86. The number of hydrogen-bond acceptors (Lipinski definition) is 3. The maximum absolute atomic E-state index is 13.3. The first-order chi connectivity index (χ1) is 15.1. The highest BCUT2D eigenvalue weighted by Crippen LogP contribution is 2.32. The summed E-state index contributed by atoms with van der Waals surface area (Å²) >= 11 is 0. The van der Waals surface area contributed by atoms with Crippen molar-refractivity contribution >= 4 is 17.8 Å². The zero-order chi connectivity index (χ0) is 21.7. The second kappa shape index (κ2) is 9.33. The molecule has 1 aliphatic carbocycles. The molecule has 31 heavy (non-hydrogen) atoms. The van der Waals surface area contributed by atoms with Crippen molar-refractivity contribution in [2.45, 2.75) is 57.2 Å². The number of benzene rings is 2. The molecule has 4 rings (SSSR count). The van der Waals surface area contributed by atoms with Crippen LogP contribution >= 0.6 is 0 Å². The molecule has 1 heterocycles. The summed E-state index contributed by atoms with van der Waals surface area (Å²) in [5.74, 6) is -0.478. The lowest BCUT2D eigenvalue weighted by Gasteiger charge is -2.26. The molecule has 6 nitrogen and oxygen atoms in total. The van der Waals surface area contributed by atoms with Crippen LogP contribution in [0.3, 0.4) is 0 Å². The fourth-order valence-corrected chi connectivity index (χ4v) is 4.57. The standard InChI is InChI=1S/C25H29N3O3/c29-22(19-28-23(30)25(26-24(28)31)15-9-1-2-10-16-25)27(17-20-11-5-3-6-12-20)18-21-13-7-4-8-14-21/h3-8,11-14H,1-2,9-10,15-19H2,(H,26,31). The first-order valence-electron chi connectivity index (χ1n) is 11.1. The van der Waals surface area contributed by atoms with Crippen molar-refractivity contribution in [1.82, 2.24) is 15.1 Å². The minimum absolute atomic E-state index is 0.230. The Kier molecular flexibility index (Phi) is 6.35. The van der Waals surface area contributed by atoms with Gasteiger partial charge in [-0.3, -0.25) is 14.5 Å². The van der Waals surface area contributed by atoms with E-state index in [1.807, 2.05) is 60.7 Å². The van der Waals surface area contributed by atoms with Gasteiger partial charge < -0.3 is 10.2 Å². The van der Waals surface area contributed by atoms with Crippen molar-refractivity contribution in [3.8, 4) is 0 Å². The van der Waals surface area contributed by atoms with Crippen LogP contribution in [0.5, 0.6) is 0 Å². The Balaban J connectivity index is 1.51. The van der Waals surface area contributed by atoms with Crippen LogP contribution in [-0.4, -0.2) is 39.7 Å². The Morgan fingerprint density at radius 2 is 1.35 bits per heavy atom. The minimum atomic E-state index is -0.822. The average molecular weight is 420 g/mol. The van der Waals surface area contributed by atoms with Crippen LogP contribution in [0.25, 0.3) is 0 Å².